The maximum absolute atomic E-state index is 5.40. The molecule has 0 aliphatic carbocycles. The van der Waals surface area contributed by atoms with Gasteiger partial charge < -0.3 is 4.74 Å². The Labute approximate surface area is 119 Å². The number of rotatable bonds is 3. The van der Waals surface area contributed by atoms with E-state index in [0.29, 0.717) is 6.04 Å². The lowest BCUT2D eigenvalue weighted by Gasteiger charge is -2.32. The Morgan fingerprint density at radius 2 is 1.70 bits per heavy atom. The van der Waals surface area contributed by atoms with Crippen LogP contribution in [0.4, 0.5) is 0 Å². The van der Waals surface area contributed by atoms with Gasteiger partial charge in [-0.05, 0) is 18.6 Å². The summed E-state index contributed by atoms with van der Waals surface area (Å²) < 4.78 is 5.40. The SMILES string of the molecule is C[C@H](c1ccc(-c2ncccn2)cc1)N1CCOCC1. The fourth-order valence-corrected chi connectivity index (χ4v) is 2.53. The predicted octanol–water partition coefficient (Wildman–Crippen LogP) is 2.54. The molecule has 2 heterocycles. The van der Waals surface area contributed by atoms with Crippen molar-refractivity contribution in [1.82, 2.24) is 14.9 Å². The number of nitrogens with zero attached hydrogens (tertiary/aromatic N) is 3. The zero-order valence-electron chi connectivity index (χ0n) is 11.7. The molecule has 104 valence electrons. The number of hydrogen-bond donors (Lipinski definition) is 0. The second-order valence-corrected chi connectivity index (χ2v) is 5.02. The topological polar surface area (TPSA) is 38.2 Å². The van der Waals surface area contributed by atoms with E-state index in [-0.39, 0.29) is 0 Å². The molecule has 0 spiro atoms. The first-order valence-corrected chi connectivity index (χ1v) is 7.04. The zero-order valence-corrected chi connectivity index (χ0v) is 11.7. The van der Waals surface area contributed by atoms with Crippen LogP contribution in [0.1, 0.15) is 18.5 Å². The molecule has 0 amide bonds. The van der Waals surface area contributed by atoms with E-state index < -0.39 is 0 Å². The van der Waals surface area contributed by atoms with Gasteiger partial charge in [0.25, 0.3) is 0 Å². The highest BCUT2D eigenvalue weighted by Gasteiger charge is 2.18. The summed E-state index contributed by atoms with van der Waals surface area (Å²) >= 11 is 0. The smallest absolute Gasteiger partial charge is 0.159 e. The monoisotopic (exact) mass is 269 g/mol. The van der Waals surface area contributed by atoms with Crippen LogP contribution in [0, 0.1) is 0 Å². The number of hydrogen-bond acceptors (Lipinski definition) is 4. The molecule has 0 saturated carbocycles. The highest BCUT2D eigenvalue weighted by atomic mass is 16.5. The Kier molecular flexibility index (Phi) is 4.04. The molecule has 20 heavy (non-hydrogen) atoms. The molecule has 0 radical (unpaired) electrons. The van der Waals surface area contributed by atoms with Gasteiger partial charge in [0.15, 0.2) is 5.82 Å². The quantitative estimate of drug-likeness (QED) is 0.858. The largest absolute Gasteiger partial charge is 0.379 e. The fourth-order valence-electron chi connectivity index (χ4n) is 2.53. The zero-order chi connectivity index (χ0) is 13.8. The summed E-state index contributed by atoms with van der Waals surface area (Å²) in [7, 11) is 0. The minimum absolute atomic E-state index is 0.421. The lowest BCUT2D eigenvalue weighted by Crippen LogP contribution is -2.37. The van der Waals surface area contributed by atoms with Crippen molar-refractivity contribution in [3.05, 3.63) is 48.3 Å². The molecule has 0 unspecified atom stereocenters. The highest BCUT2D eigenvalue weighted by Crippen LogP contribution is 2.23. The van der Waals surface area contributed by atoms with Crippen molar-refractivity contribution in [1.29, 1.82) is 0 Å². The van der Waals surface area contributed by atoms with Gasteiger partial charge in [-0.15, -0.1) is 0 Å². The Morgan fingerprint density at radius 3 is 2.35 bits per heavy atom. The lowest BCUT2D eigenvalue weighted by molar-refractivity contribution is 0.0198. The summed E-state index contributed by atoms with van der Waals surface area (Å²) in [5, 5.41) is 0. The Bertz CT molecular complexity index is 535. The highest BCUT2D eigenvalue weighted by molar-refractivity contribution is 5.54. The van der Waals surface area contributed by atoms with Gasteiger partial charge in [-0.3, -0.25) is 4.90 Å². The van der Waals surface area contributed by atoms with E-state index in [1.165, 1.54) is 5.56 Å². The normalized spacial score (nSPS) is 17.9. The molecule has 1 saturated heterocycles. The molecule has 0 N–H and O–H groups in total. The van der Waals surface area contributed by atoms with Gasteiger partial charge in [-0.25, -0.2) is 9.97 Å². The third kappa shape index (κ3) is 2.86. The van der Waals surface area contributed by atoms with Crippen LogP contribution in [0.2, 0.25) is 0 Å². The van der Waals surface area contributed by atoms with Crippen LogP contribution in [0.15, 0.2) is 42.7 Å². The van der Waals surface area contributed by atoms with Crippen LogP contribution < -0.4 is 0 Å². The standard InChI is InChI=1S/C16H19N3O/c1-13(19-9-11-20-12-10-19)14-3-5-15(6-4-14)16-17-7-2-8-18-16/h2-8,13H,9-12H2,1H3/t13-/m1/s1. The molecule has 1 atom stereocenters. The van der Waals surface area contributed by atoms with E-state index >= 15 is 0 Å². The van der Waals surface area contributed by atoms with Crippen LogP contribution in [-0.2, 0) is 4.74 Å². The van der Waals surface area contributed by atoms with Gasteiger partial charge in [0.05, 0.1) is 13.2 Å². The summed E-state index contributed by atoms with van der Waals surface area (Å²) in [5.41, 5.74) is 2.38. The van der Waals surface area contributed by atoms with Gasteiger partial charge in [0.2, 0.25) is 0 Å². The first-order chi connectivity index (χ1) is 9.84. The van der Waals surface area contributed by atoms with Gasteiger partial charge in [-0.1, -0.05) is 24.3 Å². The Balaban J connectivity index is 1.75. The van der Waals surface area contributed by atoms with E-state index in [2.05, 4.69) is 46.1 Å². The number of ether oxygens (including phenoxy) is 1. The summed E-state index contributed by atoms with van der Waals surface area (Å²) in [6.07, 6.45) is 3.54. The summed E-state index contributed by atoms with van der Waals surface area (Å²) in [6, 6.07) is 10.8. The average Bonchev–Trinajstić information content (AvgIpc) is 2.56. The summed E-state index contributed by atoms with van der Waals surface area (Å²) in [4.78, 5) is 11.0. The first kappa shape index (κ1) is 13.2. The van der Waals surface area contributed by atoms with E-state index in [9.17, 15) is 0 Å². The van der Waals surface area contributed by atoms with Crippen LogP contribution in [0.3, 0.4) is 0 Å². The Morgan fingerprint density at radius 1 is 1.05 bits per heavy atom. The van der Waals surface area contributed by atoms with E-state index in [4.69, 9.17) is 4.74 Å². The molecule has 1 aromatic carbocycles. The number of morpholine rings is 1. The van der Waals surface area contributed by atoms with Crippen LogP contribution in [-0.4, -0.2) is 41.2 Å². The molecular formula is C16H19N3O. The van der Waals surface area contributed by atoms with E-state index in [1.807, 2.05) is 6.07 Å². The van der Waals surface area contributed by atoms with E-state index in [0.717, 1.165) is 37.7 Å². The minimum atomic E-state index is 0.421. The molecule has 1 aliphatic heterocycles. The van der Waals surface area contributed by atoms with Crippen molar-refractivity contribution in [2.45, 2.75) is 13.0 Å². The van der Waals surface area contributed by atoms with Crippen molar-refractivity contribution in [2.24, 2.45) is 0 Å². The van der Waals surface area contributed by atoms with Gasteiger partial charge in [0, 0.05) is 37.1 Å². The molecular weight excluding hydrogens is 250 g/mol. The van der Waals surface area contributed by atoms with Crippen molar-refractivity contribution < 1.29 is 4.74 Å². The molecule has 4 heteroatoms. The maximum atomic E-state index is 5.40. The van der Waals surface area contributed by atoms with Crippen molar-refractivity contribution in [3.8, 4) is 11.4 Å². The molecule has 1 aliphatic rings. The molecule has 1 aromatic heterocycles. The predicted molar refractivity (Wildman–Crippen MR) is 78.3 cm³/mol. The molecule has 2 aromatic rings. The van der Waals surface area contributed by atoms with Crippen LogP contribution >= 0.6 is 0 Å². The van der Waals surface area contributed by atoms with E-state index in [1.54, 1.807) is 12.4 Å². The second-order valence-electron chi connectivity index (χ2n) is 5.02. The number of benzene rings is 1. The van der Waals surface area contributed by atoms with Gasteiger partial charge >= 0.3 is 0 Å². The van der Waals surface area contributed by atoms with Crippen molar-refractivity contribution in [3.63, 3.8) is 0 Å². The molecule has 3 rings (SSSR count). The Hall–Kier alpha value is -1.78. The fraction of sp³-hybridized carbons (Fsp3) is 0.375. The summed E-state index contributed by atoms with van der Waals surface area (Å²) in [5.74, 6) is 0.776. The third-order valence-corrected chi connectivity index (χ3v) is 3.81. The van der Waals surface area contributed by atoms with Crippen LogP contribution in [0.5, 0.6) is 0 Å². The van der Waals surface area contributed by atoms with Gasteiger partial charge in [-0.2, -0.15) is 0 Å². The molecule has 0 bridgehead atoms. The summed E-state index contributed by atoms with van der Waals surface area (Å²) in [6.45, 7) is 5.93. The van der Waals surface area contributed by atoms with Gasteiger partial charge in [0.1, 0.15) is 0 Å². The number of aromatic nitrogens is 2. The van der Waals surface area contributed by atoms with Crippen LogP contribution in [0.25, 0.3) is 11.4 Å². The average molecular weight is 269 g/mol. The minimum Gasteiger partial charge on any atom is -0.379 e. The molecule has 1 fully saturated rings. The second kappa shape index (κ2) is 6.11. The third-order valence-electron chi connectivity index (χ3n) is 3.81. The van der Waals surface area contributed by atoms with Crippen molar-refractivity contribution >= 4 is 0 Å². The first-order valence-electron chi connectivity index (χ1n) is 7.04. The molecule has 4 nitrogen and oxygen atoms in total. The van der Waals surface area contributed by atoms with Crippen molar-refractivity contribution in [2.75, 3.05) is 26.3 Å². The maximum Gasteiger partial charge on any atom is 0.159 e. The lowest BCUT2D eigenvalue weighted by atomic mass is 10.0.